The number of carbonyl (C=O) groups excluding carboxylic acids is 2. The van der Waals surface area contributed by atoms with Gasteiger partial charge in [-0.25, -0.2) is 9.97 Å². The molecule has 4 aromatic rings. The summed E-state index contributed by atoms with van der Waals surface area (Å²) in [6.07, 6.45) is 3.20. The summed E-state index contributed by atoms with van der Waals surface area (Å²) < 4.78 is 1.84. The first kappa shape index (κ1) is 14.6. The first-order valence-electron chi connectivity index (χ1n) is 8.08. The van der Waals surface area contributed by atoms with E-state index in [0.29, 0.717) is 35.8 Å². The highest BCUT2D eigenvalue weighted by molar-refractivity contribution is 6.05. The third-order valence-corrected chi connectivity index (χ3v) is 4.38. The molecule has 0 aliphatic carbocycles. The summed E-state index contributed by atoms with van der Waals surface area (Å²) in [5, 5.41) is 13.9. The molecule has 0 atom stereocenters. The summed E-state index contributed by atoms with van der Waals surface area (Å²) in [6, 6.07) is 7.01. The van der Waals surface area contributed by atoms with Crippen LogP contribution in [0.5, 0.6) is 0 Å². The maximum Gasteiger partial charge on any atom is 0.274 e. The summed E-state index contributed by atoms with van der Waals surface area (Å²) in [5.74, 6) is -0.466. The molecule has 1 aliphatic heterocycles. The van der Waals surface area contributed by atoms with Gasteiger partial charge in [-0.15, -0.1) is 0 Å². The smallest absolute Gasteiger partial charge is 0.274 e. The summed E-state index contributed by atoms with van der Waals surface area (Å²) in [7, 11) is 0. The molecule has 4 aromatic heterocycles. The van der Waals surface area contributed by atoms with Crippen molar-refractivity contribution in [3.05, 3.63) is 48.0 Å². The molecular formula is C17H13N7O2. The number of nitrogens with one attached hydrogen (secondary N) is 3. The van der Waals surface area contributed by atoms with Gasteiger partial charge in [0, 0.05) is 23.9 Å². The van der Waals surface area contributed by atoms with Crippen molar-refractivity contribution in [2.75, 3.05) is 11.9 Å². The van der Waals surface area contributed by atoms with Crippen LogP contribution in [0.1, 0.15) is 21.0 Å². The fourth-order valence-electron chi connectivity index (χ4n) is 3.14. The van der Waals surface area contributed by atoms with E-state index in [1.54, 1.807) is 36.7 Å². The monoisotopic (exact) mass is 347 g/mol. The lowest BCUT2D eigenvalue weighted by atomic mass is 10.2. The van der Waals surface area contributed by atoms with E-state index in [0.717, 1.165) is 10.8 Å². The number of aromatic amines is 1. The van der Waals surface area contributed by atoms with Crippen molar-refractivity contribution < 1.29 is 9.59 Å². The van der Waals surface area contributed by atoms with Crippen LogP contribution in [0.2, 0.25) is 0 Å². The predicted molar refractivity (Wildman–Crippen MR) is 93.9 cm³/mol. The number of anilines is 1. The fraction of sp³-hybridized carbons (Fsp3) is 0.118. The van der Waals surface area contributed by atoms with Gasteiger partial charge >= 0.3 is 0 Å². The summed E-state index contributed by atoms with van der Waals surface area (Å²) in [4.78, 5) is 33.2. The van der Waals surface area contributed by atoms with Crippen LogP contribution in [-0.4, -0.2) is 43.1 Å². The number of H-pyrrole nitrogens is 1. The molecule has 0 aromatic carbocycles. The molecule has 0 spiro atoms. The van der Waals surface area contributed by atoms with Crippen LogP contribution in [0.25, 0.3) is 22.1 Å². The molecule has 0 saturated heterocycles. The minimum absolute atomic E-state index is 0.125. The Bertz CT molecular complexity index is 1190. The Hall–Kier alpha value is -3.75. The fourth-order valence-corrected chi connectivity index (χ4v) is 3.14. The second kappa shape index (κ2) is 5.38. The van der Waals surface area contributed by atoms with E-state index in [9.17, 15) is 9.59 Å². The van der Waals surface area contributed by atoms with Crippen LogP contribution in [0.4, 0.5) is 5.69 Å². The van der Waals surface area contributed by atoms with E-state index < -0.39 is 0 Å². The Morgan fingerprint density at radius 3 is 3.04 bits per heavy atom. The molecule has 0 fully saturated rings. The number of hydrogen-bond acceptors (Lipinski definition) is 5. The summed E-state index contributed by atoms with van der Waals surface area (Å²) in [5.41, 5.74) is 2.68. The van der Waals surface area contributed by atoms with E-state index >= 15 is 0 Å². The molecule has 2 amide bonds. The minimum Gasteiger partial charge on any atom is -0.349 e. The number of amides is 2. The topological polar surface area (TPSA) is 118 Å². The Morgan fingerprint density at radius 1 is 1.19 bits per heavy atom. The first-order valence-corrected chi connectivity index (χ1v) is 8.08. The third kappa shape index (κ3) is 2.21. The minimum atomic E-state index is -0.340. The van der Waals surface area contributed by atoms with Gasteiger partial charge in [0.05, 0.1) is 18.1 Å². The molecule has 0 unspecified atom stereocenters. The standard InChI is InChI=1S/C17H13N7O2/c25-16(21-11-5-10-7-20-23-14(10)19-8-11)12-2-1-9-6-13-17(26)18-3-4-24(13)15(9)22-12/h1-2,5-8H,3-4H2,(H,18,26)(H,21,25)(H,19,20,23). The van der Waals surface area contributed by atoms with Crippen molar-refractivity contribution in [1.29, 1.82) is 0 Å². The van der Waals surface area contributed by atoms with Crippen LogP contribution < -0.4 is 10.6 Å². The molecule has 5 heterocycles. The molecule has 128 valence electrons. The maximum atomic E-state index is 12.6. The largest absolute Gasteiger partial charge is 0.349 e. The van der Waals surface area contributed by atoms with Crippen molar-refractivity contribution in [3.8, 4) is 0 Å². The molecule has 1 aliphatic rings. The number of pyridine rings is 2. The molecule has 9 heteroatoms. The highest BCUT2D eigenvalue weighted by atomic mass is 16.2. The van der Waals surface area contributed by atoms with Gasteiger partial charge in [-0.1, -0.05) is 0 Å². The van der Waals surface area contributed by atoms with E-state index in [4.69, 9.17) is 0 Å². The quantitative estimate of drug-likeness (QED) is 0.505. The molecular weight excluding hydrogens is 334 g/mol. The van der Waals surface area contributed by atoms with Gasteiger partial charge in [-0.3, -0.25) is 14.7 Å². The van der Waals surface area contributed by atoms with Crippen molar-refractivity contribution in [2.24, 2.45) is 0 Å². The summed E-state index contributed by atoms with van der Waals surface area (Å²) in [6.45, 7) is 1.17. The van der Waals surface area contributed by atoms with E-state index in [1.807, 2.05) is 4.57 Å². The van der Waals surface area contributed by atoms with Gasteiger partial charge in [0.25, 0.3) is 11.8 Å². The first-order chi connectivity index (χ1) is 12.7. The number of hydrogen-bond donors (Lipinski definition) is 3. The number of aromatic nitrogens is 5. The van der Waals surface area contributed by atoms with Gasteiger partial charge in [-0.05, 0) is 24.3 Å². The zero-order valence-electron chi connectivity index (χ0n) is 13.5. The average molecular weight is 347 g/mol. The van der Waals surface area contributed by atoms with E-state index in [1.165, 1.54) is 0 Å². The second-order valence-electron chi connectivity index (χ2n) is 6.03. The lowest BCUT2D eigenvalue weighted by molar-refractivity contribution is 0.0928. The molecule has 5 rings (SSSR count). The number of nitrogens with zero attached hydrogens (tertiary/aromatic N) is 4. The average Bonchev–Trinajstić information content (AvgIpc) is 3.26. The van der Waals surface area contributed by atoms with E-state index in [2.05, 4.69) is 30.8 Å². The summed E-state index contributed by atoms with van der Waals surface area (Å²) >= 11 is 0. The van der Waals surface area contributed by atoms with Gasteiger partial charge in [-0.2, -0.15) is 5.10 Å². The second-order valence-corrected chi connectivity index (χ2v) is 6.03. The number of rotatable bonds is 2. The van der Waals surface area contributed by atoms with E-state index in [-0.39, 0.29) is 17.5 Å². The zero-order valence-corrected chi connectivity index (χ0v) is 13.5. The normalized spacial score (nSPS) is 13.6. The van der Waals surface area contributed by atoms with Gasteiger partial charge < -0.3 is 15.2 Å². The molecule has 3 N–H and O–H groups in total. The zero-order chi connectivity index (χ0) is 17.7. The molecule has 0 radical (unpaired) electrons. The van der Waals surface area contributed by atoms with Crippen molar-refractivity contribution >= 4 is 39.6 Å². The molecule has 0 bridgehead atoms. The van der Waals surface area contributed by atoms with Crippen LogP contribution in [0.15, 0.2) is 36.7 Å². The molecule has 0 saturated carbocycles. The SMILES string of the molecule is O=C(Nc1cnc2[nH]ncc2c1)c1ccc2cc3n(c2n1)CCNC3=O. The van der Waals surface area contributed by atoms with Crippen LogP contribution >= 0.6 is 0 Å². The lowest BCUT2D eigenvalue weighted by Gasteiger charge is -2.16. The maximum absolute atomic E-state index is 12.6. The van der Waals surface area contributed by atoms with Gasteiger partial charge in [0.2, 0.25) is 0 Å². The Morgan fingerprint density at radius 2 is 2.12 bits per heavy atom. The van der Waals surface area contributed by atoms with Crippen molar-refractivity contribution in [1.82, 2.24) is 30.0 Å². The van der Waals surface area contributed by atoms with Crippen LogP contribution in [-0.2, 0) is 6.54 Å². The molecule has 9 nitrogen and oxygen atoms in total. The van der Waals surface area contributed by atoms with Crippen molar-refractivity contribution in [3.63, 3.8) is 0 Å². The van der Waals surface area contributed by atoms with Gasteiger partial charge in [0.15, 0.2) is 5.65 Å². The lowest BCUT2D eigenvalue weighted by Crippen LogP contribution is -2.35. The highest BCUT2D eigenvalue weighted by Crippen LogP contribution is 2.21. The predicted octanol–water partition coefficient (Wildman–Crippen LogP) is 1.30. The Labute approximate surface area is 146 Å². The highest BCUT2D eigenvalue weighted by Gasteiger charge is 2.21. The van der Waals surface area contributed by atoms with Crippen LogP contribution in [0, 0.1) is 0 Å². The van der Waals surface area contributed by atoms with Crippen LogP contribution in [0.3, 0.4) is 0 Å². The van der Waals surface area contributed by atoms with Gasteiger partial charge in [0.1, 0.15) is 17.0 Å². The third-order valence-electron chi connectivity index (χ3n) is 4.38. The Kier molecular flexibility index (Phi) is 3.02. The Balaban J connectivity index is 1.49. The number of fused-ring (bicyclic) bond motifs is 4. The van der Waals surface area contributed by atoms with Crippen molar-refractivity contribution in [2.45, 2.75) is 6.54 Å². The number of carbonyl (C=O) groups is 2. The molecule has 26 heavy (non-hydrogen) atoms.